The van der Waals surface area contributed by atoms with Crippen molar-refractivity contribution in [1.29, 1.82) is 0 Å². The maximum atomic E-state index is 11.4. The molecule has 0 saturated carbocycles. The van der Waals surface area contributed by atoms with Crippen LogP contribution in [0.15, 0.2) is 18.2 Å². The van der Waals surface area contributed by atoms with Gasteiger partial charge in [0.05, 0.1) is 5.75 Å². The number of carboxylic acid groups (broad SMARTS) is 1. The Morgan fingerprint density at radius 1 is 1.32 bits per heavy atom. The average molecular weight is 285 g/mol. The van der Waals surface area contributed by atoms with Crippen LogP contribution >= 0.6 is 11.8 Å². The van der Waals surface area contributed by atoms with Gasteiger partial charge in [0.1, 0.15) is 6.04 Å². The third-order valence-corrected chi connectivity index (χ3v) is 2.94. The summed E-state index contributed by atoms with van der Waals surface area (Å²) in [5.74, 6) is -1.92. The molecule has 104 valence electrons. The van der Waals surface area contributed by atoms with Crippen LogP contribution in [0.3, 0.4) is 0 Å². The lowest BCUT2D eigenvalue weighted by Crippen LogP contribution is -2.43. The molecule has 7 heteroatoms. The molecular weight excluding hydrogens is 270 g/mol. The predicted molar refractivity (Wildman–Crippen MR) is 71.4 cm³/mol. The van der Waals surface area contributed by atoms with Crippen LogP contribution in [0.25, 0.3) is 0 Å². The molecule has 0 aliphatic rings. The van der Waals surface area contributed by atoms with E-state index in [1.807, 2.05) is 0 Å². The number of hydrogen-bond donors (Lipinski definition) is 4. The van der Waals surface area contributed by atoms with Crippen molar-refractivity contribution >= 4 is 23.6 Å². The van der Waals surface area contributed by atoms with Crippen molar-refractivity contribution in [2.45, 2.75) is 12.5 Å². The summed E-state index contributed by atoms with van der Waals surface area (Å²) < 4.78 is 0. The zero-order valence-corrected chi connectivity index (χ0v) is 11.1. The number of hydrogen-bond acceptors (Lipinski definition) is 5. The number of nitrogens with one attached hydrogen (secondary N) is 1. The predicted octanol–water partition coefficient (Wildman–Crippen LogP) is 0.573. The van der Waals surface area contributed by atoms with E-state index in [-0.39, 0.29) is 29.6 Å². The lowest BCUT2D eigenvalue weighted by atomic mass is 10.1. The van der Waals surface area contributed by atoms with Crippen LogP contribution in [0, 0.1) is 0 Å². The van der Waals surface area contributed by atoms with Crippen molar-refractivity contribution in [3.05, 3.63) is 23.8 Å². The van der Waals surface area contributed by atoms with Gasteiger partial charge in [-0.1, -0.05) is 6.07 Å². The Kier molecular flexibility index (Phi) is 5.50. The highest BCUT2D eigenvalue weighted by Crippen LogP contribution is 2.25. The molecular formula is C12H15NO5S. The van der Waals surface area contributed by atoms with E-state index in [2.05, 4.69) is 5.32 Å². The summed E-state index contributed by atoms with van der Waals surface area (Å²) in [7, 11) is 0. The Hall–Kier alpha value is -1.89. The van der Waals surface area contributed by atoms with Gasteiger partial charge >= 0.3 is 5.97 Å². The molecule has 6 nitrogen and oxygen atoms in total. The van der Waals surface area contributed by atoms with E-state index >= 15 is 0 Å². The second-order valence-corrected chi connectivity index (χ2v) is 4.78. The molecule has 0 bridgehead atoms. The lowest BCUT2D eigenvalue weighted by Gasteiger charge is -2.14. The van der Waals surface area contributed by atoms with Gasteiger partial charge in [-0.05, 0) is 24.0 Å². The number of carbonyl (C=O) groups excluding carboxylic acids is 1. The minimum Gasteiger partial charge on any atom is -0.504 e. The van der Waals surface area contributed by atoms with Gasteiger partial charge in [0, 0.05) is 6.42 Å². The highest BCUT2D eigenvalue weighted by molar-refractivity contribution is 7.99. The molecule has 1 rings (SSSR count). The molecule has 0 heterocycles. The summed E-state index contributed by atoms with van der Waals surface area (Å²) in [5, 5.41) is 29.9. The van der Waals surface area contributed by atoms with E-state index in [9.17, 15) is 14.7 Å². The van der Waals surface area contributed by atoms with Crippen LogP contribution in [-0.2, 0) is 16.0 Å². The van der Waals surface area contributed by atoms with E-state index in [1.165, 1.54) is 30.0 Å². The first-order valence-electron chi connectivity index (χ1n) is 5.46. The summed E-state index contributed by atoms with van der Waals surface area (Å²) in [6.07, 6.45) is 1.77. The molecule has 0 aliphatic heterocycles. The standard InChI is InChI=1S/C12H15NO5S/c1-19-6-11(16)13-8(12(17)18)4-7-2-3-9(14)10(15)5-7/h2-3,5,8,14-15H,4,6H2,1H3,(H,13,16)(H,17,18). The van der Waals surface area contributed by atoms with Crippen molar-refractivity contribution in [3.63, 3.8) is 0 Å². The van der Waals surface area contributed by atoms with Gasteiger partial charge in [0.2, 0.25) is 5.91 Å². The van der Waals surface area contributed by atoms with E-state index < -0.39 is 12.0 Å². The Morgan fingerprint density at radius 3 is 2.53 bits per heavy atom. The van der Waals surface area contributed by atoms with E-state index in [1.54, 1.807) is 6.26 Å². The Labute approximate surface area is 114 Å². The summed E-state index contributed by atoms with van der Waals surface area (Å²) in [5.41, 5.74) is 0.507. The maximum Gasteiger partial charge on any atom is 0.326 e. The van der Waals surface area contributed by atoms with E-state index in [0.717, 1.165) is 0 Å². The van der Waals surface area contributed by atoms with Gasteiger partial charge in [-0.3, -0.25) is 4.79 Å². The first-order chi connectivity index (χ1) is 8.93. The lowest BCUT2D eigenvalue weighted by molar-refractivity contribution is -0.141. The number of carboxylic acids is 1. The number of aromatic hydroxyl groups is 2. The van der Waals surface area contributed by atoms with Crippen molar-refractivity contribution in [3.8, 4) is 11.5 Å². The minimum atomic E-state index is -1.15. The summed E-state index contributed by atoms with van der Waals surface area (Å²) >= 11 is 1.30. The molecule has 4 N–H and O–H groups in total. The molecule has 19 heavy (non-hydrogen) atoms. The highest BCUT2D eigenvalue weighted by Gasteiger charge is 2.20. The smallest absolute Gasteiger partial charge is 0.326 e. The summed E-state index contributed by atoms with van der Waals surface area (Å²) in [6, 6.07) is 2.97. The molecule has 0 aromatic heterocycles. The maximum absolute atomic E-state index is 11.4. The number of thioether (sulfide) groups is 1. The molecule has 0 saturated heterocycles. The number of aliphatic carboxylic acids is 1. The third kappa shape index (κ3) is 4.70. The molecule has 1 aromatic rings. The van der Waals surface area contributed by atoms with Gasteiger partial charge in [-0.25, -0.2) is 4.79 Å². The first-order valence-corrected chi connectivity index (χ1v) is 6.85. The molecule has 1 unspecified atom stereocenters. The minimum absolute atomic E-state index is 0.0310. The molecule has 1 atom stereocenters. The highest BCUT2D eigenvalue weighted by atomic mass is 32.2. The molecule has 1 aromatic carbocycles. The van der Waals surface area contributed by atoms with Gasteiger partial charge in [-0.15, -0.1) is 0 Å². The van der Waals surface area contributed by atoms with Crippen LogP contribution in [0.1, 0.15) is 5.56 Å². The van der Waals surface area contributed by atoms with Crippen molar-refractivity contribution in [2.24, 2.45) is 0 Å². The second-order valence-electron chi connectivity index (χ2n) is 3.92. The van der Waals surface area contributed by atoms with Crippen LogP contribution in [0.2, 0.25) is 0 Å². The second kappa shape index (κ2) is 6.89. The van der Waals surface area contributed by atoms with Gasteiger partial charge in [0.25, 0.3) is 0 Å². The number of phenolic OH excluding ortho intramolecular Hbond substituents is 2. The normalized spacial score (nSPS) is 11.8. The van der Waals surface area contributed by atoms with Crippen molar-refractivity contribution in [1.82, 2.24) is 5.32 Å². The molecule has 0 spiro atoms. The van der Waals surface area contributed by atoms with Crippen molar-refractivity contribution in [2.75, 3.05) is 12.0 Å². The zero-order valence-electron chi connectivity index (χ0n) is 10.3. The quantitative estimate of drug-likeness (QED) is 0.569. The fourth-order valence-corrected chi connectivity index (χ4v) is 1.84. The fourth-order valence-electron chi connectivity index (χ4n) is 1.50. The Balaban J connectivity index is 2.75. The topological polar surface area (TPSA) is 107 Å². The van der Waals surface area contributed by atoms with Crippen LogP contribution in [-0.4, -0.2) is 45.2 Å². The molecule has 1 amide bonds. The zero-order chi connectivity index (χ0) is 14.4. The van der Waals surface area contributed by atoms with Gasteiger partial charge in [-0.2, -0.15) is 11.8 Å². The van der Waals surface area contributed by atoms with Gasteiger partial charge < -0.3 is 20.6 Å². The molecule has 0 fully saturated rings. The Bertz CT molecular complexity index is 477. The first kappa shape index (κ1) is 15.2. The number of carbonyl (C=O) groups is 2. The van der Waals surface area contributed by atoms with E-state index in [4.69, 9.17) is 10.2 Å². The van der Waals surface area contributed by atoms with Crippen LogP contribution in [0.4, 0.5) is 0 Å². The summed E-state index contributed by atoms with van der Waals surface area (Å²) in [6.45, 7) is 0. The van der Waals surface area contributed by atoms with E-state index in [0.29, 0.717) is 5.56 Å². The Morgan fingerprint density at radius 2 is 2.00 bits per heavy atom. The van der Waals surface area contributed by atoms with Crippen LogP contribution in [0.5, 0.6) is 11.5 Å². The number of rotatable bonds is 6. The third-order valence-electron chi connectivity index (χ3n) is 2.39. The SMILES string of the molecule is CSCC(=O)NC(Cc1ccc(O)c(O)c1)C(=O)O. The van der Waals surface area contributed by atoms with Crippen LogP contribution < -0.4 is 5.32 Å². The molecule has 0 radical (unpaired) electrons. The monoisotopic (exact) mass is 285 g/mol. The summed E-state index contributed by atoms with van der Waals surface area (Å²) in [4.78, 5) is 22.4. The van der Waals surface area contributed by atoms with Gasteiger partial charge in [0.15, 0.2) is 11.5 Å². The average Bonchev–Trinajstić information content (AvgIpc) is 2.33. The van der Waals surface area contributed by atoms with Crippen molar-refractivity contribution < 1.29 is 24.9 Å². The number of benzene rings is 1. The largest absolute Gasteiger partial charge is 0.504 e. The number of phenols is 2. The fraction of sp³-hybridized carbons (Fsp3) is 0.333. The molecule has 0 aliphatic carbocycles. The number of amides is 1.